The molecular weight excluding hydrogens is 250 g/mol. The van der Waals surface area contributed by atoms with Gasteiger partial charge in [0.2, 0.25) is 0 Å². The van der Waals surface area contributed by atoms with E-state index in [4.69, 9.17) is 0 Å². The number of benzene rings is 1. The average Bonchev–Trinajstić information content (AvgIpc) is 2.71. The van der Waals surface area contributed by atoms with E-state index in [1.165, 1.54) is 16.3 Å². The first-order valence-corrected chi connectivity index (χ1v) is 6.50. The summed E-state index contributed by atoms with van der Waals surface area (Å²) in [6.45, 7) is 1.94. The molecule has 0 bridgehead atoms. The number of hydrogen-bond donors (Lipinski definition) is 2. The Balaban J connectivity index is 2.16. The summed E-state index contributed by atoms with van der Waals surface area (Å²) in [6.07, 6.45) is 0.277. The van der Waals surface area contributed by atoms with E-state index in [0.717, 1.165) is 10.5 Å². The largest absolute Gasteiger partial charge is 0.388 e. The van der Waals surface area contributed by atoms with Gasteiger partial charge in [0.15, 0.2) is 5.16 Å². The van der Waals surface area contributed by atoms with Gasteiger partial charge in [0.25, 0.3) is 0 Å². The molecule has 2 N–H and O–H groups in total. The zero-order valence-electron chi connectivity index (χ0n) is 10.3. The summed E-state index contributed by atoms with van der Waals surface area (Å²) in [5, 5.41) is 16.6. The first kappa shape index (κ1) is 12.9. The Bertz CT molecular complexity index is 574. The molecule has 0 aliphatic rings. The molecule has 0 amide bonds. The third-order valence-corrected chi connectivity index (χ3v) is 3.76. The topological polar surface area (TPSA) is 70.9 Å². The number of aliphatic hydroxyl groups excluding tert-OH is 1. The van der Waals surface area contributed by atoms with Gasteiger partial charge in [-0.1, -0.05) is 19.1 Å². The minimum atomic E-state index is -0.418. The zero-order chi connectivity index (χ0) is 13.1. The number of nitrogens with zero attached hydrogens (tertiary/aromatic N) is 2. The molecule has 0 fully saturated rings. The molecule has 5 nitrogen and oxygen atoms in total. The van der Waals surface area contributed by atoms with E-state index in [9.17, 15) is 9.90 Å². The highest BCUT2D eigenvalue weighted by Gasteiger charge is 2.08. The van der Waals surface area contributed by atoms with Crippen molar-refractivity contribution in [1.29, 1.82) is 0 Å². The van der Waals surface area contributed by atoms with Crippen molar-refractivity contribution in [3.8, 4) is 0 Å². The first-order valence-electron chi connectivity index (χ1n) is 5.69. The van der Waals surface area contributed by atoms with Gasteiger partial charge in [-0.05, 0) is 35.9 Å². The Morgan fingerprint density at radius 1 is 1.44 bits per heavy atom. The number of H-pyrrole nitrogens is 1. The van der Waals surface area contributed by atoms with Crippen LogP contribution in [-0.2, 0) is 7.05 Å². The second-order valence-corrected chi connectivity index (χ2v) is 5.01. The van der Waals surface area contributed by atoms with Crippen LogP contribution in [0.2, 0.25) is 0 Å². The van der Waals surface area contributed by atoms with E-state index in [0.29, 0.717) is 11.6 Å². The maximum atomic E-state index is 11.2. The van der Waals surface area contributed by atoms with Crippen molar-refractivity contribution in [3.05, 3.63) is 40.3 Å². The van der Waals surface area contributed by atoms with E-state index in [-0.39, 0.29) is 5.69 Å². The Labute approximate surface area is 109 Å². The monoisotopic (exact) mass is 265 g/mol. The van der Waals surface area contributed by atoms with Gasteiger partial charge in [-0.15, -0.1) is 5.10 Å². The Morgan fingerprint density at radius 3 is 2.61 bits per heavy atom. The molecule has 0 aliphatic carbocycles. The van der Waals surface area contributed by atoms with Gasteiger partial charge < -0.3 is 5.11 Å². The highest BCUT2D eigenvalue weighted by atomic mass is 32.2. The minimum Gasteiger partial charge on any atom is -0.388 e. The number of hydrogen-bond acceptors (Lipinski definition) is 4. The van der Waals surface area contributed by atoms with E-state index in [1.807, 2.05) is 31.2 Å². The molecule has 0 saturated carbocycles. The molecule has 96 valence electrons. The standard InChI is InChI=1S/C12H15N3O2S/c1-3-10(16)8-4-6-9(7-5-8)18-12-14-13-11(17)15(12)2/h4-7,10,16H,3H2,1-2H3,(H,13,17)/t10-/m1/s1. The maximum Gasteiger partial charge on any atom is 0.343 e. The van der Waals surface area contributed by atoms with Crippen LogP contribution in [0, 0.1) is 0 Å². The van der Waals surface area contributed by atoms with Gasteiger partial charge in [0.1, 0.15) is 0 Å². The molecular formula is C12H15N3O2S. The minimum absolute atomic E-state index is 0.226. The summed E-state index contributed by atoms with van der Waals surface area (Å²) in [4.78, 5) is 12.2. The fourth-order valence-electron chi connectivity index (χ4n) is 1.52. The van der Waals surface area contributed by atoms with Crippen LogP contribution >= 0.6 is 11.8 Å². The second kappa shape index (κ2) is 5.41. The van der Waals surface area contributed by atoms with Crippen LogP contribution in [0.15, 0.2) is 39.1 Å². The SMILES string of the molecule is CC[C@@H](O)c1ccc(Sc2n[nH]c(=O)n2C)cc1. The van der Waals surface area contributed by atoms with Gasteiger partial charge in [0.05, 0.1) is 6.10 Å². The number of rotatable bonds is 4. The van der Waals surface area contributed by atoms with E-state index < -0.39 is 6.10 Å². The lowest BCUT2D eigenvalue weighted by Gasteiger charge is -2.08. The van der Waals surface area contributed by atoms with Crippen LogP contribution in [0.4, 0.5) is 0 Å². The smallest absolute Gasteiger partial charge is 0.343 e. The molecule has 0 aliphatic heterocycles. The fourth-order valence-corrected chi connectivity index (χ4v) is 2.32. The Morgan fingerprint density at radius 2 is 2.11 bits per heavy atom. The molecule has 0 radical (unpaired) electrons. The third kappa shape index (κ3) is 2.65. The highest BCUT2D eigenvalue weighted by molar-refractivity contribution is 7.99. The van der Waals surface area contributed by atoms with Crippen LogP contribution < -0.4 is 5.69 Å². The third-order valence-electron chi connectivity index (χ3n) is 2.70. The fraction of sp³-hybridized carbons (Fsp3) is 0.333. The highest BCUT2D eigenvalue weighted by Crippen LogP contribution is 2.26. The lowest BCUT2D eigenvalue weighted by atomic mass is 10.1. The molecule has 1 aromatic carbocycles. The van der Waals surface area contributed by atoms with Crippen LogP contribution in [0.5, 0.6) is 0 Å². The lowest BCUT2D eigenvalue weighted by Crippen LogP contribution is -2.12. The molecule has 18 heavy (non-hydrogen) atoms. The van der Waals surface area contributed by atoms with Crippen molar-refractivity contribution in [3.63, 3.8) is 0 Å². The van der Waals surface area contributed by atoms with Crippen molar-refractivity contribution in [2.45, 2.75) is 29.5 Å². The van der Waals surface area contributed by atoms with Gasteiger partial charge >= 0.3 is 5.69 Å². The molecule has 0 unspecified atom stereocenters. The van der Waals surface area contributed by atoms with Gasteiger partial charge in [0, 0.05) is 11.9 Å². The number of aromatic amines is 1. The van der Waals surface area contributed by atoms with Crippen LogP contribution in [-0.4, -0.2) is 19.9 Å². The molecule has 1 heterocycles. The predicted octanol–water partition coefficient (Wildman–Crippen LogP) is 1.70. The molecule has 6 heteroatoms. The molecule has 1 aromatic heterocycles. The predicted molar refractivity (Wildman–Crippen MR) is 69.6 cm³/mol. The Hall–Kier alpha value is -1.53. The van der Waals surface area contributed by atoms with Gasteiger partial charge in [-0.2, -0.15) is 0 Å². The first-order chi connectivity index (χ1) is 8.61. The number of nitrogens with one attached hydrogen (secondary N) is 1. The maximum absolute atomic E-state index is 11.2. The zero-order valence-corrected chi connectivity index (χ0v) is 11.1. The van der Waals surface area contributed by atoms with E-state index in [2.05, 4.69) is 10.2 Å². The van der Waals surface area contributed by atoms with Crippen molar-refractivity contribution in [2.24, 2.45) is 7.05 Å². The van der Waals surface area contributed by atoms with E-state index >= 15 is 0 Å². The van der Waals surface area contributed by atoms with Crippen molar-refractivity contribution >= 4 is 11.8 Å². The Kier molecular flexibility index (Phi) is 3.88. The van der Waals surface area contributed by atoms with Crippen molar-refractivity contribution in [1.82, 2.24) is 14.8 Å². The number of aliphatic hydroxyl groups is 1. The number of aromatic nitrogens is 3. The molecule has 0 saturated heterocycles. The molecule has 0 spiro atoms. The summed E-state index contributed by atoms with van der Waals surface area (Å²) in [5.41, 5.74) is 0.674. The normalized spacial score (nSPS) is 12.6. The van der Waals surface area contributed by atoms with E-state index in [1.54, 1.807) is 7.05 Å². The molecule has 2 aromatic rings. The van der Waals surface area contributed by atoms with Gasteiger partial charge in [-0.3, -0.25) is 4.57 Å². The summed E-state index contributed by atoms with van der Waals surface area (Å²) in [5.74, 6) is 0. The summed E-state index contributed by atoms with van der Waals surface area (Å²) >= 11 is 1.40. The van der Waals surface area contributed by atoms with Crippen molar-refractivity contribution in [2.75, 3.05) is 0 Å². The average molecular weight is 265 g/mol. The van der Waals surface area contributed by atoms with Gasteiger partial charge in [-0.25, -0.2) is 9.89 Å². The quantitative estimate of drug-likeness (QED) is 0.882. The summed E-state index contributed by atoms with van der Waals surface area (Å²) in [7, 11) is 1.67. The van der Waals surface area contributed by atoms with Crippen LogP contribution in [0.1, 0.15) is 25.0 Å². The van der Waals surface area contributed by atoms with Crippen LogP contribution in [0.3, 0.4) is 0 Å². The summed E-state index contributed by atoms with van der Waals surface area (Å²) < 4.78 is 1.46. The lowest BCUT2D eigenvalue weighted by molar-refractivity contribution is 0.173. The molecule has 1 atom stereocenters. The van der Waals surface area contributed by atoms with Crippen LogP contribution in [0.25, 0.3) is 0 Å². The molecule has 2 rings (SSSR count). The van der Waals surface area contributed by atoms with Crippen molar-refractivity contribution < 1.29 is 5.11 Å². The second-order valence-electron chi connectivity index (χ2n) is 3.97. The summed E-state index contributed by atoms with van der Waals surface area (Å²) in [6, 6.07) is 7.61.